The van der Waals surface area contributed by atoms with Crippen molar-refractivity contribution < 1.29 is 27.8 Å². The Morgan fingerprint density at radius 2 is 1.94 bits per heavy atom. The summed E-state index contributed by atoms with van der Waals surface area (Å²) in [5.74, 6) is -2.00. The van der Waals surface area contributed by atoms with Crippen LogP contribution >= 0.6 is 11.6 Å². The minimum absolute atomic E-state index is 0.0214. The van der Waals surface area contributed by atoms with Gasteiger partial charge in [-0.1, -0.05) is 11.6 Å². The van der Waals surface area contributed by atoms with Crippen molar-refractivity contribution in [2.24, 2.45) is 0 Å². The number of amides is 2. The molecule has 0 spiro atoms. The van der Waals surface area contributed by atoms with Crippen LogP contribution in [0.5, 0.6) is 11.5 Å². The van der Waals surface area contributed by atoms with Gasteiger partial charge in [0.1, 0.15) is 11.3 Å². The van der Waals surface area contributed by atoms with Crippen LogP contribution in [0.15, 0.2) is 30.5 Å². The number of ether oxygens (including phenoxy) is 2. The minimum Gasteiger partial charge on any atom is -0.395 e. The van der Waals surface area contributed by atoms with Gasteiger partial charge in [0.2, 0.25) is 0 Å². The first kappa shape index (κ1) is 21.5. The van der Waals surface area contributed by atoms with Gasteiger partial charge in [0.25, 0.3) is 11.8 Å². The number of nitrogens with zero attached hydrogens (tertiary/aromatic N) is 3. The molecular formula is C20H16ClF2N5O4. The summed E-state index contributed by atoms with van der Waals surface area (Å²) in [6.45, 7) is 3.20. The maximum absolute atomic E-state index is 13.7. The topological polar surface area (TPSA) is 107 Å². The molecule has 2 N–H and O–H groups in total. The van der Waals surface area contributed by atoms with Crippen molar-refractivity contribution in [3.63, 3.8) is 0 Å². The molecule has 0 saturated heterocycles. The van der Waals surface area contributed by atoms with Crippen LogP contribution in [0.25, 0.3) is 5.82 Å². The molecule has 0 unspecified atom stereocenters. The number of halogens is 3. The number of hydrogen-bond acceptors (Lipinski definition) is 6. The molecule has 3 heterocycles. The fourth-order valence-corrected chi connectivity index (χ4v) is 3.45. The molecule has 0 radical (unpaired) electrons. The first-order valence-corrected chi connectivity index (χ1v) is 9.63. The van der Waals surface area contributed by atoms with Crippen LogP contribution in [0.2, 0.25) is 5.02 Å². The Morgan fingerprint density at radius 1 is 1.19 bits per heavy atom. The van der Waals surface area contributed by atoms with Crippen LogP contribution < -0.4 is 20.1 Å². The Bertz CT molecular complexity index is 1260. The van der Waals surface area contributed by atoms with E-state index < -0.39 is 23.9 Å². The van der Waals surface area contributed by atoms with Gasteiger partial charge in [0.15, 0.2) is 17.3 Å². The van der Waals surface area contributed by atoms with Crippen LogP contribution in [-0.2, 0) is 0 Å². The number of fused-ring (bicyclic) bond motifs is 1. The molecule has 1 aliphatic rings. The van der Waals surface area contributed by atoms with Gasteiger partial charge in [0.05, 0.1) is 16.4 Å². The monoisotopic (exact) mass is 463 g/mol. The van der Waals surface area contributed by atoms with E-state index in [1.165, 1.54) is 37.0 Å². The molecule has 4 rings (SSSR count). The molecular weight excluding hydrogens is 448 g/mol. The zero-order chi connectivity index (χ0) is 23.2. The highest BCUT2D eigenvalue weighted by Crippen LogP contribution is 2.47. The number of nitrogens with one attached hydrogen (secondary N) is 2. The maximum Gasteiger partial charge on any atom is 0.586 e. The van der Waals surface area contributed by atoms with Gasteiger partial charge in [-0.15, -0.1) is 8.78 Å². The first-order valence-electron chi connectivity index (χ1n) is 9.25. The number of aryl methyl sites for hydroxylation is 2. The lowest BCUT2D eigenvalue weighted by Gasteiger charge is -2.15. The smallest absolute Gasteiger partial charge is 0.395 e. The number of pyridine rings is 1. The summed E-state index contributed by atoms with van der Waals surface area (Å²) in [5, 5.41) is 9.47. The normalized spacial score (nSPS) is 13.7. The zero-order valence-corrected chi connectivity index (χ0v) is 17.8. The number of rotatable bonds is 4. The van der Waals surface area contributed by atoms with Crippen LogP contribution in [0.3, 0.4) is 0 Å². The van der Waals surface area contributed by atoms with E-state index in [-0.39, 0.29) is 33.5 Å². The summed E-state index contributed by atoms with van der Waals surface area (Å²) in [7, 11) is 1.32. The number of anilines is 1. The van der Waals surface area contributed by atoms with Crippen molar-refractivity contribution in [2.75, 3.05) is 12.4 Å². The minimum atomic E-state index is -3.94. The lowest BCUT2D eigenvalue weighted by atomic mass is 10.0. The van der Waals surface area contributed by atoms with Gasteiger partial charge in [-0.3, -0.25) is 9.59 Å². The van der Waals surface area contributed by atoms with Crippen LogP contribution in [0, 0.1) is 13.8 Å². The van der Waals surface area contributed by atoms with E-state index in [9.17, 15) is 18.4 Å². The Morgan fingerprint density at radius 3 is 2.62 bits per heavy atom. The van der Waals surface area contributed by atoms with Gasteiger partial charge in [-0.05, 0) is 43.7 Å². The Labute approximate surface area is 185 Å². The van der Waals surface area contributed by atoms with Crippen molar-refractivity contribution in [1.29, 1.82) is 0 Å². The van der Waals surface area contributed by atoms with Crippen LogP contribution in [0.1, 0.15) is 32.1 Å². The highest BCUT2D eigenvalue weighted by Gasteiger charge is 2.46. The lowest BCUT2D eigenvalue weighted by Crippen LogP contribution is -2.27. The second-order valence-electron chi connectivity index (χ2n) is 6.86. The molecule has 0 bridgehead atoms. The fraction of sp³-hybridized carbons (Fsp3) is 0.200. The molecule has 1 aromatic carbocycles. The van der Waals surface area contributed by atoms with Crippen molar-refractivity contribution in [2.45, 2.75) is 20.1 Å². The van der Waals surface area contributed by atoms with E-state index in [1.54, 1.807) is 19.1 Å². The average Bonchev–Trinajstić information content (AvgIpc) is 3.26. The van der Waals surface area contributed by atoms with Crippen LogP contribution in [0.4, 0.5) is 14.5 Å². The molecule has 2 amide bonds. The number of hydrogen-bond donors (Lipinski definition) is 2. The van der Waals surface area contributed by atoms with Gasteiger partial charge >= 0.3 is 6.29 Å². The Kier molecular flexibility index (Phi) is 5.21. The molecule has 9 nitrogen and oxygen atoms in total. The molecule has 0 atom stereocenters. The van der Waals surface area contributed by atoms with E-state index in [4.69, 9.17) is 11.6 Å². The Hall–Kier alpha value is -3.73. The van der Waals surface area contributed by atoms with Gasteiger partial charge in [-0.25, -0.2) is 9.67 Å². The molecule has 12 heteroatoms. The predicted octanol–water partition coefficient (Wildman–Crippen LogP) is 3.47. The van der Waals surface area contributed by atoms with Crippen molar-refractivity contribution in [3.8, 4) is 17.3 Å². The maximum atomic E-state index is 13.7. The molecule has 3 aromatic rings. The molecule has 0 fully saturated rings. The zero-order valence-electron chi connectivity index (χ0n) is 17.0. The quantitative estimate of drug-likeness (QED) is 0.613. The third kappa shape index (κ3) is 3.71. The number of alkyl halides is 2. The number of carbonyl (C=O) groups is 2. The van der Waals surface area contributed by atoms with E-state index in [2.05, 4.69) is 30.2 Å². The molecule has 0 saturated carbocycles. The summed E-state index contributed by atoms with van der Waals surface area (Å²) in [6.07, 6.45) is -2.45. The molecule has 2 aromatic heterocycles. The third-order valence-corrected chi connectivity index (χ3v) is 4.88. The highest BCUT2D eigenvalue weighted by atomic mass is 35.5. The SMILES string of the molecule is CNC(=O)c1c(NC(=O)c2cc(C)nn2-c2ncccc2Cl)c(C)cc2c1OC(F)(F)O2. The fourth-order valence-electron chi connectivity index (χ4n) is 3.25. The van der Waals surface area contributed by atoms with Crippen LogP contribution in [-0.4, -0.2) is 39.9 Å². The average molecular weight is 464 g/mol. The second-order valence-corrected chi connectivity index (χ2v) is 7.27. The highest BCUT2D eigenvalue weighted by molar-refractivity contribution is 6.32. The molecule has 0 aliphatic carbocycles. The summed E-state index contributed by atoms with van der Waals surface area (Å²) in [4.78, 5) is 29.9. The van der Waals surface area contributed by atoms with Crippen molar-refractivity contribution in [1.82, 2.24) is 20.1 Å². The number of carbonyl (C=O) groups excluding carboxylic acids is 2. The van der Waals surface area contributed by atoms with E-state index in [0.29, 0.717) is 11.3 Å². The van der Waals surface area contributed by atoms with Crippen molar-refractivity contribution >= 4 is 29.1 Å². The molecule has 32 heavy (non-hydrogen) atoms. The van der Waals surface area contributed by atoms with Gasteiger partial charge in [-0.2, -0.15) is 5.10 Å². The van der Waals surface area contributed by atoms with Gasteiger partial charge in [0, 0.05) is 13.2 Å². The second kappa shape index (κ2) is 7.75. The number of aromatic nitrogens is 3. The standard InChI is InChI=1S/C20H16ClF2N5O4/c1-9-7-13-16(32-20(22,23)31-13)14(19(30)24-3)15(9)26-18(29)12-8-10(2)27-28(12)17-11(21)5-4-6-25-17/h4-8H,1-3H3,(H,24,30)(H,26,29). The molecule has 1 aliphatic heterocycles. The van der Waals surface area contributed by atoms with E-state index >= 15 is 0 Å². The summed E-state index contributed by atoms with van der Waals surface area (Å²) < 4.78 is 37.6. The Balaban J connectivity index is 1.79. The first-order chi connectivity index (χ1) is 15.1. The summed E-state index contributed by atoms with van der Waals surface area (Å²) in [5.41, 5.74) is 0.549. The van der Waals surface area contributed by atoms with Gasteiger partial charge < -0.3 is 20.1 Å². The third-order valence-electron chi connectivity index (χ3n) is 4.59. The van der Waals surface area contributed by atoms with E-state index in [1.807, 2.05) is 0 Å². The van der Waals surface area contributed by atoms with E-state index in [0.717, 1.165) is 0 Å². The van der Waals surface area contributed by atoms with Crippen molar-refractivity contribution in [3.05, 3.63) is 58.0 Å². The lowest BCUT2D eigenvalue weighted by molar-refractivity contribution is -0.286. The largest absolute Gasteiger partial charge is 0.586 e. The predicted molar refractivity (Wildman–Crippen MR) is 110 cm³/mol. The summed E-state index contributed by atoms with van der Waals surface area (Å²) in [6, 6.07) is 5.96. The summed E-state index contributed by atoms with van der Waals surface area (Å²) >= 11 is 6.20. The number of benzene rings is 1. The molecule has 166 valence electrons.